The van der Waals surface area contributed by atoms with E-state index in [1.165, 1.54) is 6.07 Å². The molecule has 0 saturated carbocycles. The average Bonchev–Trinajstić information content (AvgIpc) is 2.46. The van der Waals surface area contributed by atoms with E-state index in [1.54, 1.807) is 18.2 Å². The number of nitrogens with zero attached hydrogens (tertiary/aromatic N) is 1. The average molecular weight is 307 g/mol. The van der Waals surface area contributed by atoms with E-state index in [4.69, 9.17) is 22.1 Å². The molecule has 5 nitrogen and oxygen atoms in total. The molecular formula is C15H15ClN2O3. The fourth-order valence-electron chi connectivity index (χ4n) is 1.97. The number of hydrogen-bond acceptors (Lipinski definition) is 4. The number of benzene rings is 2. The van der Waals surface area contributed by atoms with Crippen LogP contribution in [0.15, 0.2) is 42.5 Å². The molecule has 0 saturated heterocycles. The second kappa shape index (κ2) is 7.06. The lowest BCUT2D eigenvalue weighted by atomic mass is 10.1. The molecule has 0 aromatic heterocycles. The number of rotatable bonds is 6. The van der Waals surface area contributed by atoms with Gasteiger partial charge in [-0.1, -0.05) is 29.8 Å². The minimum Gasteiger partial charge on any atom is -0.489 e. The first-order chi connectivity index (χ1) is 10.1. The van der Waals surface area contributed by atoms with E-state index in [9.17, 15) is 10.1 Å². The van der Waals surface area contributed by atoms with Gasteiger partial charge in [0.05, 0.1) is 15.5 Å². The van der Waals surface area contributed by atoms with Gasteiger partial charge < -0.3 is 10.5 Å². The third-order valence-corrected chi connectivity index (χ3v) is 3.36. The van der Waals surface area contributed by atoms with E-state index >= 15 is 0 Å². The van der Waals surface area contributed by atoms with E-state index in [0.29, 0.717) is 22.9 Å². The van der Waals surface area contributed by atoms with E-state index in [1.807, 2.05) is 18.2 Å². The number of nitrogens with two attached hydrogens (primary N) is 1. The van der Waals surface area contributed by atoms with Gasteiger partial charge in [-0.3, -0.25) is 10.1 Å². The zero-order valence-corrected chi connectivity index (χ0v) is 12.0. The van der Waals surface area contributed by atoms with Crippen molar-refractivity contribution in [1.82, 2.24) is 0 Å². The van der Waals surface area contributed by atoms with Crippen molar-refractivity contribution in [1.29, 1.82) is 0 Å². The smallest absolute Gasteiger partial charge is 0.277 e. The molecule has 0 aliphatic carbocycles. The minimum atomic E-state index is -0.463. The summed E-state index contributed by atoms with van der Waals surface area (Å²) in [6.07, 6.45) is 0.753. The van der Waals surface area contributed by atoms with Crippen molar-refractivity contribution in [2.45, 2.75) is 13.0 Å². The fraction of sp³-hybridized carbons (Fsp3) is 0.200. The minimum absolute atomic E-state index is 0.0411. The summed E-state index contributed by atoms with van der Waals surface area (Å²) in [6.45, 7) is 0.599. The Hall–Kier alpha value is -2.11. The van der Waals surface area contributed by atoms with Crippen molar-refractivity contribution in [3.8, 4) is 5.75 Å². The van der Waals surface area contributed by atoms with Gasteiger partial charge >= 0.3 is 0 Å². The quantitative estimate of drug-likeness (QED) is 0.656. The van der Waals surface area contributed by atoms with Crippen molar-refractivity contribution in [2.24, 2.45) is 5.73 Å². The van der Waals surface area contributed by atoms with Gasteiger partial charge in [0.25, 0.3) is 5.69 Å². The molecule has 2 aromatic rings. The summed E-state index contributed by atoms with van der Waals surface area (Å²) in [4.78, 5) is 10.5. The van der Waals surface area contributed by atoms with Crippen LogP contribution in [0, 0.1) is 10.1 Å². The Morgan fingerprint density at radius 2 is 2.00 bits per heavy atom. The Morgan fingerprint density at radius 3 is 2.71 bits per heavy atom. The van der Waals surface area contributed by atoms with Gasteiger partial charge in [0.1, 0.15) is 12.4 Å². The standard InChI is InChI=1S/C15H15ClN2O3/c16-14-5-2-6-15(18(19)20)13(14)10-21-12-4-1-3-11(9-12)7-8-17/h1-6,9H,7-8,10,17H2. The number of nitro benzene ring substituents is 1. The first-order valence-electron chi connectivity index (χ1n) is 6.45. The molecule has 0 amide bonds. The van der Waals surface area contributed by atoms with Gasteiger partial charge in [0.2, 0.25) is 0 Å². The van der Waals surface area contributed by atoms with Crippen LogP contribution in [0.2, 0.25) is 5.02 Å². The van der Waals surface area contributed by atoms with Crippen LogP contribution in [0.5, 0.6) is 5.75 Å². The van der Waals surface area contributed by atoms with Crippen molar-refractivity contribution in [3.05, 3.63) is 68.7 Å². The normalized spacial score (nSPS) is 10.4. The molecule has 21 heavy (non-hydrogen) atoms. The predicted molar refractivity (Wildman–Crippen MR) is 81.6 cm³/mol. The van der Waals surface area contributed by atoms with Gasteiger partial charge in [0, 0.05) is 6.07 Å². The van der Waals surface area contributed by atoms with Crippen LogP contribution in [0.1, 0.15) is 11.1 Å². The van der Waals surface area contributed by atoms with E-state index in [-0.39, 0.29) is 12.3 Å². The lowest BCUT2D eigenvalue weighted by Crippen LogP contribution is -2.04. The summed E-state index contributed by atoms with van der Waals surface area (Å²) < 4.78 is 5.62. The zero-order chi connectivity index (χ0) is 15.2. The Labute approximate surface area is 127 Å². The first kappa shape index (κ1) is 15.3. The number of halogens is 1. The molecule has 0 unspecified atom stereocenters. The van der Waals surface area contributed by atoms with Gasteiger partial charge in [-0.25, -0.2) is 0 Å². The van der Waals surface area contributed by atoms with Crippen molar-refractivity contribution in [2.75, 3.05) is 6.54 Å². The molecule has 0 spiro atoms. The van der Waals surface area contributed by atoms with Crippen molar-refractivity contribution in [3.63, 3.8) is 0 Å². The zero-order valence-electron chi connectivity index (χ0n) is 11.3. The van der Waals surface area contributed by atoms with E-state index in [2.05, 4.69) is 0 Å². The molecule has 0 aliphatic rings. The van der Waals surface area contributed by atoms with Gasteiger partial charge in [-0.05, 0) is 36.7 Å². The molecule has 2 rings (SSSR count). The second-order valence-corrected chi connectivity index (χ2v) is 4.88. The number of nitro groups is 1. The first-order valence-corrected chi connectivity index (χ1v) is 6.83. The Bertz CT molecular complexity index is 647. The van der Waals surface area contributed by atoms with Crippen LogP contribution in [-0.2, 0) is 13.0 Å². The summed E-state index contributed by atoms with van der Waals surface area (Å²) >= 11 is 6.02. The largest absolute Gasteiger partial charge is 0.489 e. The summed E-state index contributed by atoms with van der Waals surface area (Å²) in [5, 5.41) is 11.3. The lowest BCUT2D eigenvalue weighted by Gasteiger charge is -2.09. The van der Waals surface area contributed by atoms with E-state index < -0.39 is 4.92 Å². The maximum Gasteiger partial charge on any atom is 0.277 e. The van der Waals surface area contributed by atoms with Gasteiger partial charge in [0.15, 0.2) is 0 Å². The lowest BCUT2D eigenvalue weighted by molar-refractivity contribution is -0.385. The van der Waals surface area contributed by atoms with Crippen LogP contribution in [0.4, 0.5) is 5.69 Å². The summed E-state index contributed by atoms with van der Waals surface area (Å²) in [5.41, 5.74) is 6.90. The molecule has 0 fully saturated rings. The maximum absolute atomic E-state index is 11.0. The number of ether oxygens (including phenoxy) is 1. The highest BCUT2D eigenvalue weighted by Gasteiger charge is 2.17. The second-order valence-electron chi connectivity index (χ2n) is 4.47. The highest BCUT2D eigenvalue weighted by molar-refractivity contribution is 6.31. The van der Waals surface area contributed by atoms with E-state index in [0.717, 1.165) is 12.0 Å². The summed E-state index contributed by atoms with van der Waals surface area (Å²) in [7, 11) is 0. The molecule has 0 atom stereocenters. The molecule has 0 radical (unpaired) electrons. The number of hydrogen-bond donors (Lipinski definition) is 1. The molecule has 110 valence electrons. The van der Waals surface area contributed by atoms with Crippen molar-refractivity contribution < 1.29 is 9.66 Å². The topological polar surface area (TPSA) is 78.4 Å². The summed E-state index contributed by atoms with van der Waals surface area (Å²) in [6, 6.07) is 12.1. The maximum atomic E-state index is 11.0. The Morgan fingerprint density at radius 1 is 1.24 bits per heavy atom. The molecule has 0 bridgehead atoms. The van der Waals surface area contributed by atoms with Crippen LogP contribution in [0.25, 0.3) is 0 Å². The molecule has 0 heterocycles. The van der Waals surface area contributed by atoms with Crippen LogP contribution in [0.3, 0.4) is 0 Å². The van der Waals surface area contributed by atoms with Gasteiger partial charge in [-0.2, -0.15) is 0 Å². The van der Waals surface area contributed by atoms with Crippen LogP contribution in [-0.4, -0.2) is 11.5 Å². The molecule has 2 N–H and O–H groups in total. The highest BCUT2D eigenvalue weighted by Crippen LogP contribution is 2.27. The predicted octanol–water partition coefficient (Wildman–Crippen LogP) is 3.33. The third-order valence-electron chi connectivity index (χ3n) is 3.01. The third kappa shape index (κ3) is 3.93. The molecule has 6 heteroatoms. The SMILES string of the molecule is NCCc1cccc(OCc2c(Cl)cccc2[N+](=O)[O-])c1. The molecule has 2 aromatic carbocycles. The monoisotopic (exact) mass is 306 g/mol. The van der Waals surface area contributed by atoms with Gasteiger partial charge in [-0.15, -0.1) is 0 Å². The summed E-state index contributed by atoms with van der Waals surface area (Å²) in [5.74, 6) is 0.634. The van der Waals surface area contributed by atoms with Crippen molar-refractivity contribution >= 4 is 17.3 Å². The van der Waals surface area contributed by atoms with Crippen LogP contribution < -0.4 is 10.5 Å². The fourth-order valence-corrected chi connectivity index (χ4v) is 2.20. The molecular weight excluding hydrogens is 292 g/mol. The Balaban J connectivity index is 2.16. The Kier molecular flexibility index (Phi) is 5.14. The highest BCUT2D eigenvalue weighted by atomic mass is 35.5. The molecule has 0 aliphatic heterocycles. The van der Waals surface area contributed by atoms with Crippen LogP contribution >= 0.6 is 11.6 Å².